The first-order valence-electron chi connectivity index (χ1n) is 4.13. The van der Waals surface area contributed by atoms with Crippen LogP contribution in [0, 0.1) is 17.0 Å². The van der Waals surface area contributed by atoms with Gasteiger partial charge in [-0.05, 0) is 12.4 Å². The predicted molar refractivity (Wildman–Crippen MR) is 56.4 cm³/mol. The normalized spacial score (nSPS) is 8.69. The standard InChI is InChI=1S/C7H8BNO4.CH2O2/c1-5-2-3-6(8(10)11)4-7(5)9(12)13;2-1-3/h2-4,10-11H,1H3;1H,(H,2,3). The minimum absolute atomic E-state index is 0.106. The van der Waals surface area contributed by atoms with Gasteiger partial charge in [0.25, 0.3) is 12.2 Å². The summed E-state index contributed by atoms with van der Waals surface area (Å²) >= 11 is 0. The van der Waals surface area contributed by atoms with Gasteiger partial charge in [-0.15, -0.1) is 0 Å². The van der Waals surface area contributed by atoms with Gasteiger partial charge in [0.05, 0.1) is 4.92 Å². The minimum atomic E-state index is -1.67. The average molecular weight is 227 g/mol. The van der Waals surface area contributed by atoms with E-state index in [1.54, 1.807) is 6.92 Å². The highest BCUT2D eigenvalue weighted by molar-refractivity contribution is 6.58. The number of nitro benzene ring substituents is 1. The smallest absolute Gasteiger partial charge is 0.483 e. The molecule has 3 N–H and O–H groups in total. The summed E-state index contributed by atoms with van der Waals surface area (Å²) in [5, 5.41) is 34.8. The Morgan fingerprint density at radius 2 is 1.94 bits per heavy atom. The Hall–Kier alpha value is -1.93. The lowest BCUT2D eigenvalue weighted by Gasteiger charge is -2.00. The third-order valence-corrected chi connectivity index (χ3v) is 1.73. The number of carbonyl (C=O) groups is 1. The first-order chi connectivity index (χ1) is 7.43. The van der Waals surface area contributed by atoms with Crippen LogP contribution in [0.15, 0.2) is 18.2 Å². The van der Waals surface area contributed by atoms with Crippen molar-refractivity contribution in [3.63, 3.8) is 0 Å². The van der Waals surface area contributed by atoms with Crippen LogP contribution in [0.2, 0.25) is 0 Å². The molecule has 86 valence electrons. The van der Waals surface area contributed by atoms with Crippen LogP contribution in [-0.2, 0) is 4.79 Å². The summed E-state index contributed by atoms with van der Waals surface area (Å²) < 4.78 is 0. The zero-order valence-electron chi connectivity index (χ0n) is 8.40. The maximum atomic E-state index is 10.4. The van der Waals surface area contributed by atoms with Gasteiger partial charge in [-0.2, -0.15) is 0 Å². The van der Waals surface area contributed by atoms with E-state index >= 15 is 0 Å². The molecule has 0 amide bonds. The number of hydrogen-bond donors (Lipinski definition) is 3. The molecule has 0 bridgehead atoms. The molecule has 8 heteroatoms. The monoisotopic (exact) mass is 227 g/mol. The highest BCUT2D eigenvalue weighted by Gasteiger charge is 2.17. The number of nitrogens with zero attached hydrogens (tertiary/aromatic N) is 1. The Labute approximate surface area is 91.3 Å². The van der Waals surface area contributed by atoms with Gasteiger partial charge in [-0.3, -0.25) is 14.9 Å². The van der Waals surface area contributed by atoms with Crippen LogP contribution in [0.4, 0.5) is 5.69 Å². The summed E-state index contributed by atoms with van der Waals surface area (Å²) in [5.74, 6) is 0. The molecule has 0 unspecified atom stereocenters. The van der Waals surface area contributed by atoms with Crippen LogP contribution in [0.1, 0.15) is 5.56 Å². The van der Waals surface area contributed by atoms with Crippen LogP contribution in [-0.4, -0.2) is 33.7 Å². The van der Waals surface area contributed by atoms with E-state index in [1.165, 1.54) is 12.1 Å². The summed E-state index contributed by atoms with van der Waals surface area (Å²) in [5.41, 5.74) is 0.511. The highest BCUT2D eigenvalue weighted by atomic mass is 16.6. The largest absolute Gasteiger partial charge is 0.488 e. The fraction of sp³-hybridized carbons (Fsp3) is 0.125. The van der Waals surface area contributed by atoms with Crippen LogP contribution in [0.3, 0.4) is 0 Å². The maximum absolute atomic E-state index is 10.4. The molecule has 0 aromatic heterocycles. The molecular formula is C8H10BNO6. The Morgan fingerprint density at radius 3 is 2.31 bits per heavy atom. The van der Waals surface area contributed by atoms with Crippen molar-refractivity contribution >= 4 is 24.7 Å². The van der Waals surface area contributed by atoms with Gasteiger partial charge in [0.2, 0.25) is 0 Å². The first kappa shape index (κ1) is 14.1. The van der Waals surface area contributed by atoms with Gasteiger partial charge >= 0.3 is 7.12 Å². The lowest BCUT2D eigenvalue weighted by Crippen LogP contribution is -2.29. The van der Waals surface area contributed by atoms with E-state index in [-0.39, 0.29) is 17.6 Å². The summed E-state index contributed by atoms with van der Waals surface area (Å²) in [6.45, 7) is 1.34. The number of carboxylic acid groups (broad SMARTS) is 1. The number of rotatable bonds is 2. The molecule has 0 fully saturated rings. The topological polar surface area (TPSA) is 121 Å². The van der Waals surface area contributed by atoms with Crippen molar-refractivity contribution in [1.29, 1.82) is 0 Å². The van der Waals surface area contributed by atoms with Gasteiger partial charge in [-0.1, -0.05) is 12.1 Å². The average Bonchev–Trinajstić information content (AvgIpc) is 2.18. The third-order valence-electron chi connectivity index (χ3n) is 1.73. The second kappa shape index (κ2) is 6.54. The molecule has 0 aliphatic carbocycles. The first-order valence-corrected chi connectivity index (χ1v) is 4.13. The van der Waals surface area contributed by atoms with Gasteiger partial charge in [0.1, 0.15) is 0 Å². The van der Waals surface area contributed by atoms with Crippen molar-refractivity contribution in [1.82, 2.24) is 0 Å². The van der Waals surface area contributed by atoms with Crippen molar-refractivity contribution in [2.45, 2.75) is 6.92 Å². The van der Waals surface area contributed by atoms with Crippen LogP contribution in [0.5, 0.6) is 0 Å². The number of aryl methyl sites for hydroxylation is 1. The predicted octanol–water partition coefficient (Wildman–Crippen LogP) is -0.716. The molecule has 16 heavy (non-hydrogen) atoms. The highest BCUT2D eigenvalue weighted by Crippen LogP contribution is 2.14. The van der Waals surface area contributed by atoms with Gasteiger partial charge in [-0.25, -0.2) is 0 Å². The van der Waals surface area contributed by atoms with E-state index < -0.39 is 12.0 Å². The quantitative estimate of drug-likeness (QED) is 0.265. The van der Waals surface area contributed by atoms with Crippen LogP contribution >= 0.6 is 0 Å². The van der Waals surface area contributed by atoms with Crippen LogP contribution in [0.25, 0.3) is 0 Å². The molecule has 1 rings (SSSR count). The lowest BCUT2D eigenvalue weighted by molar-refractivity contribution is -0.385. The maximum Gasteiger partial charge on any atom is 0.488 e. The van der Waals surface area contributed by atoms with E-state index in [0.717, 1.165) is 6.07 Å². The van der Waals surface area contributed by atoms with Crippen molar-refractivity contribution in [2.75, 3.05) is 0 Å². The molecule has 0 heterocycles. The number of hydrogen-bond acceptors (Lipinski definition) is 5. The van der Waals surface area contributed by atoms with Crippen molar-refractivity contribution in [3.05, 3.63) is 33.9 Å². The minimum Gasteiger partial charge on any atom is -0.483 e. The molecule has 0 atom stereocenters. The van der Waals surface area contributed by atoms with Crippen molar-refractivity contribution in [2.24, 2.45) is 0 Å². The summed E-state index contributed by atoms with van der Waals surface area (Å²) in [6.07, 6.45) is 0. The SMILES string of the molecule is Cc1ccc(B(O)O)cc1[N+](=O)[O-].O=CO. The molecule has 1 aromatic carbocycles. The van der Waals surface area contributed by atoms with Gasteiger partial charge in [0.15, 0.2) is 0 Å². The lowest BCUT2D eigenvalue weighted by atomic mass is 9.80. The Kier molecular flexibility index (Phi) is 5.75. The van der Waals surface area contributed by atoms with Crippen LogP contribution < -0.4 is 5.46 Å². The molecule has 0 radical (unpaired) electrons. The Morgan fingerprint density at radius 1 is 1.44 bits per heavy atom. The molecule has 0 aliphatic rings. The molecule has 7 nitrogen and oxygen atoms in total. The molecular weight excluding hydrogens is 217 g/mol. The van der Waals surface area contributed by atoms with E-state index in [2.05, 4.69) is 0 Å². The summed E-state index contributed by atoms with van der Waals surface area (Å²) in [6, 6.07) is 4.07. The second-order valence-electron chi connectivity index (χ2n) is 2.78. The number of nitro groups is 1. The van der Waals surface area contributed by atoms with Gasteiger partial charge in [0, 0.05) is 11.6 Å². The number of benzene rings is 1. The zero-order chi connectivity index (χ0) is 12.7. The fourth-order valence-corrected chi connectivity index (χ4v) is 0.984. The molecule has 0 saturated carbocycles. The summed E-state index contributed by atoms with van der Waals surface area (Å²) in [7, 11) is -1.67. The third kappa shape index (κ3) is 4.07. The second-order valence-corrected chi connectivity index (χ2v) is 2.78. The Balaban J connectivity index is 0.000000673. The molecule has 0 spiro atoms. The molecule has 0 aliphatic heterocycles. The molecule has 1 aromatic rings. The zero-order valence-corrected chi connectivity index (χ0v) is 8.40. The van der Waals surface area contributed by atoms with E-state index in [1.807, 2.05) is 0 Å². The van der Waals surface area contributed by atoms with Crippen molar-refractivity contribution < 1.29 is 24.9 Å². The molecule has 0 saturated heterocycles. The van der Waals surface area contributed by atoms with E-state index in [0.29, 0.717) is 5.56 Å². The van der Waals surface area contributed by atoms with E-state index in [4.69, 9.17) is 19.9 Å². The van der Waals surface area contributed by atoms with Gasteiger partial charge < -0.3 is 15.2 Å². The van der Waals surface area contributed by atoms with E-state index in [9.17, 15) is 10.1 Å². The summed E-state index contributed by atoms with van der Waals surface area (Å²) in [4.78, 5) is 18.2. The van der Waals surface area contributed by atoms with Crippen molar-refractivity contribution in [3.8, 4) is 0 Å². The fourth-order valence-electron chi connectivity index (χ4n) is 0.984. The Bertz CT molecular complexity index is 381.